The molecule has 0 saturated heterocycles. The number of aromatic nitrogens is 4. The zero-order valence-corrected chi connectivity index (χ0v) is 25.4. The van der Waals surface area contributed by atoms with Gasteiger partial charge in [0.2, 0.25) is 0 Å². The lowest BCUT2D eigenvalue weighted by molar-refractivity contribution is -0.292. The van der Waals surface area contributed by atoms with Gasteiger partial charge in [0, 0.05) is 18.8 Å². The SMILES string of the molecule is [CH2]C(C)(C)COC(=O)OCN(C(=O)c1cc(-c2cnn(-c3c(C(F)(F)F)c(C(F)(F)C(F)(F)F)nn3C)c2)ccc1Cl)C1(C#N)CC1. The first-order chi connectivity index (χ1) is 21.5. The monoisotopic (exact) mass is 695 g/mol. The van der Waals surface area contributed by atoms with Crippen molar-refractivity contribution in [2.24, 2.45) is 12.5 Å². The molecule has 1 saturated carbocycles. The number of carbonyl (C=O) groups excluding carboxylic acids is 2. The van der Waals surface area contributed by atoms with Gasteiger partial charge >= 0.3 is 24.4 Å². The van der Waals surface area contributed by atoms with Crippen LogP contribution >= 0.6 is 11.6 Å². The summed E-state index contributed by atoms with van der Waals surface area (Å²) in [6, 6.07) is 5.75. The van der Waals surface area contributed by atoms with E-state index in [0.717, 1.165) is 24.3 Å². The summed E-state index contributed by atoms with van der Waals surface area (Å²) in [5.74, 6) is -8.05. The van der Waals surface area contributed by atoms with Crippen LogP contribution < -0.4 is 0 Å². The minimum Gasteiger partial charge on any atom is -0.434 e. The summed E-state index contributed by atoms with van der Waals surface area (Å²) >= 11 is 6.28. The Balaban J connectivity index is 1.69. The minimum atomic E-state index is -6.38. The molecule has 1 fully saturated rings. The number of hydrogen-bond donors (Lipinski definition) is 0. The van der Waals surface area contributed by atoms with Crippen molar-refractivity contribution in [1.82, 2.24) is 24.5 Å². The Bertz CT molecular complexity index is 1730. The highest BCUT2D eigenvalue weighted by molar-refractivity contribution is 6.34. The molecule has 4 rings (SSSR count). The van der Waals surface area contributed by atoms with Gasteiger partial charge in [-0.1, -0.05) is 31.5 Å². The normalized spacial score (nSPS) is 14.8. The third-order valence-corrected chi connectivity index (χ3v) is 7.20. The zero-order chi connectivity index (χ0) is 35.3. The van der Waals surface area contributed by atoms with E-state index in [0.29, 0.717) is 4.68 Å². The average Bonchev–Trinajstić information content (AvgIpc) is 3.42. The third-order valence-electron chi connectivity index (χ3n) is 6.87. The highest BCUT2D eigenvalue weighted by atomic mass is 35.5. The molecule has 10 nitrogen and oxygen atoms in total. The lowest BCUT2D eigenvalue weighted by Crippen LogP contribution is -2.43. The van der Waals surface area contributed by atoms with Crippen molar-refractivity contribution in [2.45, 2.75) is 50.5 Å². The fourth-order valence-corrected chi connectivity index (χ4v) is 4.54. The number of nitriles is 1. The topological polar surface area (TPSA) is 115 Å². The second-order valence-corrected chi connectivity index (χ2v) is 11.9. The van der Waals surface area contributed by atoms with Gasteiger partial charge in [0.1, 0.15) is 17.7 Å². The van der Waals surface area contributed by atoms with Crippen molar-refractivity contribution in [3.63, 3.8) is 0 Å². The predicted molar refractivity (Wildman–Crippen MR) is 146 cm³/mol. The van der Waals surface area contributed by atoms with Crippen LogP contribution in [0.25, 0.3) is 16.9 Å². The molecule has 1 radical (unpaired) electrons. The van der Waals surface area contributed by atoms with E-state index in [2.05, 4.69) is 17.1 Å². The first-order valence-electron chi connectivity index (χ1n) is 13.3. The summed E-state index contributed by atoms with van der Waals surface area (Å²) in [5, 5.41) is 16.2. The van der Waals surface area contributed by atoms with E-state index >= 15 is 0 Å². The van der Waals surface area contributed by atoms with E-state index in [1.54, 1.807) is 13.8 Å². The highest BCUT2D eigenvalue weighted by Crippen LogP contribution is 2.49. The van der Waals surface area contributed by atoms with Gasteiger partial charge in [0.25, 0.3) is 5.91 Å². The molecule has 1 amide bonds. The van der Waals surface area contributed by atoms with Gasteiger partial charge in [0.05, 0.1) is 22.9 Å². The van der Waals surface area contributed by atoms with Crippen LogP contribution in [0.15, 0.2) is 30.6 Å². The number of aryl methyl sites for hydroxylation is 1. The Hall–Kier alpha value is -4.40. The maximum atomic E-state index is 14.1. The molecule has 253 valence electrons. The Morgan fingerprint density at radius 2 is 1.74 bits per heavy atom. The van der Waals surface area contributed by atoms with Gasteiger partial charge in [0.15, 0.2) is 18.2 Å². The number of alkyl halides is 8. The highest BCUT2D eigenvalue weighted by Gasteiger charge is 2.64. The Morgan fingerprint density at radius 3 is 2.28 bits per heavy atom. The predicted octanol–water partition coefficient (Wildman–Crippen LogP) is 7.07. The maximum Gasteiger partial charge on any atom is 0.510 e. The molecule has 1 aliphatic carbocycles. The van der Waals surface area contributed by atoms with Crippen molar-refractivity contribution in [3.05, 3.63) is 59.4 Å². The van der Waals surface area contributed by atoms with Crippen molar-refractivity contribution in [1.29, 1.82) is 5.26 Å². The van der Waals surface area contributed by atoms with Crippen LogP contribution in [0.4, 0.5) is 39.9 Å². The molecule has 3 aromatic rings. The van der Waals surface area contributed by atoms with Gasteiger partial charge in [-0.25, -0.2) is 14.2 Å². The molecular weight excluding hydrogens is 672 g/mol. The fourth-order valence-electron chi connectivity index (χ4n) is 4.35. The van der Waals surface area contributed by atoms with Crippen LogP contribution in [0.2, 0.25) is 5.02 Å². The summed E-state index contributed by atoms with van der Waals surface area (Å²) in [6.07, 6.45) is -10.9. The van der Waals surface area contributed by atoms with Crippen LogP contribution in [-0.4, -0.2) is 61.6 Å². The summed E-state index contributed by atoms with van der Waals surface area (Å²) in [6.45, 7) is 6.36. The quantitative estimate of drug-likeness (QED) is 0.134. The molecule has 0 unspecified atom stereocenters. The van der Waals surface area contributed by atoms with E-state index in [9.17, 15) is 50.0 Å². The smallest absolute Gasteiger partial charge is 0.434 e. The van der Waals surface area contributed by atoms with Gasteiger partial charge in [-0.15, -0.1) is 0 Å². The first kappa shape index (κ1) is 35.5. The fraction of sp³-hybridized carbons (Fsp3) is 0.429. The molecule has 19 heteroatoms. The number of amides is 1. The second-order valence-electron chi connectivity index (χ2n) is 11.5. The number of hydrogen-bond acceptors (Lipinski definition) is 7. The zero-order valence-electron chi connectivity index (χ0n) is 24.6. The molecule has 2 aromatic heterocycles. The van der Waals surface area contributed by atoms with E-state index in [-0.39, 0.29) is 45.8 Å². The van der Waals surface area contributed by atoms with E-state index in [1.165, 1.54) is 18.2 Å². The Kier molecular flexibility index (Phi) is 9.05. The Morgan fingerprint density at radius 1 is 1.11 bits per heavy atom. The third kappa shape index (κ3) is 7.14. The number of carbonyl (C=O) groups is 2. The van der Waals surface area contributed by atoms with E-state index in [1.807, 2.05) is 6.07 Å². The van der Waals surface area contributed by atoms with Crippen LogP contribution in [0.3, 0.4) is 0 Å². The molecule has 47 heavy (non-hydrogen) atoms. The molecule has 0 aliphatic heterocycles. The molecule has 0 atom stereocenters. The van der Waals surface area contributed by atoms with Gasteiger partial charge in [-0.2, -0.15) is 50.6 Å². The minimum absolute atomic E-state index is 0.0160. The summed E-state index contributed by atoms with van der Waals surface area (Å²) in [4.78, 5) is 26.7. The molecule has 0 spiro atoms. The van der Waals surface area contributed by atoms with Crippen LogP contribution in [0.1, 0.15) is 48.3 Å². The summed E-state index contributed by atoms with van der Waals surface area (Å²) < 4.78 is 120. The van der Waals surface area contributed by atoms with E-state index in [4.69, 9.17) is 21.1 Å². The number of nitrogens with zero attached hydrogens (tertiary/aromatic N) is 6. The van der Waals surface area contributed by atoms with Crippen molar-refractivity contribution < 1.29 is 54.2 Å². The first-order valence-corrected chi connectivity index (χ1v) is 13.7. The summed E-state index contributed by atoms with van der Waals surface area (Å²) in [5.41, 5.74) is -7.03. The second kappa shape index (κ2) is 12.0. The number of benzene rings is 1. The summed E-state index contributed by atoms with van der Waals surface area (Å²) in [7, 11) is 0.732. The maximum absolute atomic E-state index is 14.1. The number of rotatable bonds is 9. The lowest BCUT2D eigenvalue weighted by atomic mass is 9.99. The van der Waals surface area contributed by atoms with Crippen LogP contribution in [-0.2, 0) is 28.6 Å². The van der Waals surface area contributed by atoms with Gasteiger partial charge < -0.3 is 9.47 Å². The van der Waals surface area contributed by atoms with Crippen LogP contribution in [0.5, 0.6) is 0 Å². The van der Waals surface area contributed by atoms with Crippen LogP contribution in [0, 0.1) is 23.7 Å². The van der Waals surface area contributed by atoms with E-state index < -0.39 is 65.1 Å². The lowest BCUT2D eigenvalue weighted by Gasteiger charge is -2.27. The molecule has 2 heterocycles. The molecule has 0 bridgehead atoms. The Labute approximate surface area is 266 Å². The standard InChI is InChI=1S/C28H24ClF8N6O4/c1-24(2,3)13-46-23(45)47-14-42(25(12-38)7-8-25)22(44)17-9-15(5-6-18(17)29)16-10-39-43(11-16)21-19(27(32,33)34)20(40-41(21)4)26(30,31)28(35,36)37/h5-6,9-11H,1,7-8,13-14H2,2-4H3. The molecule has 0 N–H and O–H groups in total. The van der Waals surface area contributed by atoms with Gasteiger partial charge in [-0.3, -0.25) is 9.69 Å². The molecule has 1 aliphatic rings. The molecule has 1 aromatic carbocycles. The van der Waals surface area contributed by atoms with Crippen molar-refractivity contribution in [3.8, 4) is 23.0 Å². The van der Waals surface area contributed by atoms with Gasteiger partial charge in [-0.05, 0) is 42.9 Å². The largest absolute Gasteiger partial charge is 0.510 e. The number of halogens is 9. The average molecular weight is 696 g/mol. The molecular formula is C28H24ClF8N6O4. The number of ether oxygens (including phenoxy) is 2. The van der Waals surface area contributed by atoms with Crippen molar-refractivity contribution in [2.75, 3.05) is 13.3 Å². The van der Waals surface area contributed by atoms with Crippen molar-refractivity contribution >= 4 is 23.7 Å².